The predicted octanol–water partition coefficient (Wildman–Crippen LogP) is 2.38. The smallest absolute Gasteiger partial charge is 0.387 e. The molecule has 14 heavy (non-hydrogen) atoms. The van der Waals surface area contributed by atoms with Crippen molar-refractivity contribution in [1.82, 2.24) is 9.97 Å². The lowest BCUT2D eigenvalue weighted by Gasteiger charge is -2.15. The number of alkyl halides is 2. The Kier molecular flexibility index (Phi) is 2.98. The lowest BCUT2D eigenvalue weighted by Crippen LogP contribution is -2.15. The minimum Gasteiger partial charge on any atom is -0.432 e. The molecule has 0 fully saturated rings. The van der Waals surface area contributed by atoms with Gasteiger partial charge in [-0.3, -0.25) is 0 Å². The number of nitrogens with zero attached hydrogens (tertiary/aromatic N) is 2. The first-order valence-electron chi connectivity index (χ1n) is 4.17. The topological polar surface area (TPSA) is 35.0 Å². The lowest BCUT2D eigenvalue weighted by atomic mass is 9.96. The van der Waals surface area contributed by atoms with Crippen LogP contribution in [0.4, 0.5) is 8.78 Å². The summed E-state index contributed by atoms with van der Waals surface area (Å²) in [5, 5.41) is 0. The molecule has 1 rings (SSSR count). The second kappa shape index (κ2) is 3.86. The normalized spacial score (nSPS) is 11.9. The van der Waals surface area contributed by atoms with Crippen LogP contribution in [0.2, 0.25) is 0 Å². The van der Waals surface area contributed by atoms with E-state index in [0.717, 1.165) is 0 Å². The predicted molar refractivity (Wildman–Crippen MR) is 47.4 cm³/mol. The van der Waals surface area contributed by atoms with E-state index in [-0.39, 0.29) is 11.2 Å². The Morgan fingerprint density at radius 1 is 1.21 bits per heavy atom. The van der Waals surface area contributed by atoms with Crippen LogP contribution in [0, 0.1) is 0 Å². The zero-order valence-electron chi connectivity index (χ0n) is 8.29. The lowest BCUT2D eigenvalue weighted by molar-refractivity contribution is -0.0503. The van der Waals surface area contributed by atoms with Gasteiger partial charge in [-0.15, -0.1) is 0 Å². The van der Waals surface area contributed by atoms with E-state index >= 15 is 0 Å². The summed E-state index contributed by atoms with van der Waals surface area (Å²) in [6, 6.07) is 0. The minimum absolute atomic E-state index is 0.0204. The number of hydrogen-bond donors (Lipinski definition) is 0. The summed E-state index contributed by atoms with van der Waals surface area (Å²) in [6.07, 6.45) is 2.50. The van der Waals surface area contributed by atoms with Crippen molar-refractivity contribution in [1.29, 1.82) is 0 Å². The van der Waals surface area contributed by atoms with E-state index in [9.17, 15) is 8.78 Å². The molecule has 0 aliphatic rings. The molecule has 1 aromatic heterocycles. The molecule has 0 unspecified atom stereocenters. The van der Waals surface area contributed by atoms with Crippen LogP contribution in [0.1, 0.15) is 26.6 Å². The van der Waals surface area contributed by atoms with Crippen LogP contribution in [0.15, 0.2) is 12.4 Å². The van der Waals surface area contributed by atoms with Crippen molar-refractivity contribution < 1.29 is 13.5 Å². The summed E-state index contributed by atoms with van der Waals surface area (Å²) in [5.74, 6) is 0.576. The van der Waals surface area contributed by atoms with Gasteiger partial charge in [-0.25, -0.2) is 9.97 Å². The highest BCUT2D eigenvalue weighted by molar-refractivity contribution is 5.14. The second-order valence-corrected chi connectivity index (χ2v) is 3.87. The van der Waals surface area contributed by atoms with Crippen LogP contribution in [-0.4, -0.2) is 16.6 Å². The van der Waals surface area contributed by atoms with Crippen LogP contribution in [-0.2, 0) is 5.41 Å². The van der Waals surface area contributed by atoms with Gasteiger partial charge in [-0.1, -0.05) is 20.8 Å². The van der Waals surface area contributed by atoms with Gasteiger partial charge in [0.2, 0.25) is 0 Å². The van der Waals surface area contributed by atoms with Gasteiger partial charge in [-0.2, -0.15) is 8.78 Å². The van der Waals surface area contributed by atoms with Gasteiger partial charge in [0.15, 0.2) is 5.75 Å². The molecule has 0 amide bonds. The fourth-order valence-corrected chi connectivity index (χ4v) is 0.867. The van der Waals surface area contributed by atoms with E-state index < -0.39 is 6.61 Å². The summed E-state index contributed by atoms with van der Waals surface area (Å²) < 4.78 is 27.7. The molecule has 5 heteroatoms. The largest absolute Gasteiger partial charge is 0.432 e. The molecule has 0 saturated carbocycles. The van der Waals surface area contributed by atoms with Crippen molar-refractivity contribution >= 4 is 0 Å². The van der Waals surface area contributed by atoms with E-state index in [1.807, 2.05) is 20.8 Å². The van der Waals surface area contributed by atoms with Gasteiger partial charge in [0, 0.05) is 5.41 Å². The molecule has 1 heterocycles. The number of ether oxygens (including phenoxy) is 1. The van der Waals surface area contributed by atoms with Gasteiger partial charge in [0.25, 0.3) is 0 Å². The number of halogens is 2. The van der Waals surface area contributed by atoms with Crippen molar-refractivity contribution in [2.24, 2.45) is 0 Å². The molecule has 0 aromatic carbocycles. The van der Waals surface area contributed by atoms with E-state index in [4.69, 9.17) is 0 Å². The third kappa shape index (κ3) is 2.90. The van der Waals surface area contributed by atoms with Crippen molar-refractivity contribution in [2.75, 3.05) is 0 Å². The maximum Gasteiger partial charge on any atom is 0.387 e. The Labute approximate surface area is 81.1 Å². The molecule has 0 saturated heterocycles. The van der Waals surface area contributed by atoms with Gasteiger partial charge in [-0.05, 0) is 0 Å². The first-order chi connectivity index (χ1) is 6.39. The van der Waals surface area contributed by atoms with Crippen LogP contribution >= 0.6 is 0 Å². The molecule has 0 bridgehead atoms. The first-order valence-corrected chi connectivity index (χ1v) is 4.17. The van der Waals surface area contributed by atoms with Gasteiger partial charge < -0.3 is 4.74 Å². The van der Waals surface area contributed by atoms with Crippen LogP contribution in [0.3, 0.4) is 0 Å². The molecule has 0 spiro atoms. The summed E-state index contributed by atoms with van der Waals surface area (Å²) in [5.41, 5.74) is -0.191. The summed E-state index contributed by atoms with van der Waals surface area (Å²) in [6.45, 7) is 2.99. The summed E-state index contributed by atoms with van der Waals surface area (Å²) in [4.78, 5) is 7.87. The van der Waals surface area contributed by atoms with E-state index in [1.54, 1.807) is 0 Å². The van der Waals surface area contributed by atoms with Gasteiger partial charge in [0.1, 0.15) is 5.82 Å². The van der Waals surface area contributed by atoms with Crippen LogP contribution < -0.4 is 4.74 Å². The monoisotopic (exact) mass is 202 g/mol. The molecule has 0 N–H and O–H groups in total. The maximum atomic E-state index is 11.8. The summed E-state index contributed by atoms with van der Waals surface area (Å²) in [7, 11) is 0. The molecular weight excluding hydrogens is 190 g/mol. The van der Waals surface area contributed by atoms with E-state index in [2.05, 4.69) is 14.7 Å². The molecule has 1 aromatic rings. The Morgan fingerprint density at radius 3 is 2.07 bits per heavy atom. The van der Waals surface area contributed by atoms with Crippen molar-refractivity contribution in [3.63, 3.8) is 0 Å². The number of rotatable bonds is 2. The third-order valence-corrected chi connectivity index (χ3v) is 1.52. The Balaban J connectivity index is 2.79. The fraction of sp³-hybridized carbons (Fsp3) is 0.556. The SMILES string of the molecule is CC(C)(C)c1ncc(OC(F)F)cn1. The minimum atomic E-state index is -2.83. The Morgan fingerprint density at radius 2 is 1.71 bits per heavy atom. The Bertz CT molecular complexity index is 293. The Hall–Kier alpha value is -1.26. The molecule has 78 valence electrons. The van der Waals surface area contributed by atoms with Crippen molar-refractivity contribution in [2.45, 2.75) is 32.8 Å². The molecule has 0 radical (unpaired) electrons. The highest BCUT2D eigenvalue weighted by Gasteiger charge is 2.17. The van der Waals surface area contributed by atoms with E-state index in [1.165, 1.54) is 12.4 Å². The number of aromatic nitrogens is 2. The quantitative estimate of drug-likeness (QED) is 0.738. The van der Waals surface area contributed by atoms with Crippen LogP contribution in [0.25, 0.3) is 0 Å². The van der Waals surface area contributed by atoms with Gasteiger partial charge in [0.05, 0.1) is 12.4 Å². The highest BCUT2D eigenvalue weighted by Crippen LogP contribution is 2.19. The molecule has 0 atom stereocenters. The van der Waals surface area contributed by atoms with Gasteiger partial charge >= 0.3 is 6.61 Å². The zero-order chi connectivity index (χ0) is 10.8. The standard InChI is InChI=1S/C9H12F2N2O/c1-9(2,3)7-12-4-6(5-13-7)14-8(10)11/h4-5,8H,1-3H3. The van der Waals surface area contributed by atoms with E-state index in [0.29, 0.717) is 5.82 Å². The fourth-order valence-electron chi connectivity index (χ4n) is 0.867. The number of hydrogen-bond acceptors (Lipinski definition) is 3. The third-order valence-electron chi connectivity index (χ3n) is 1.52. The molecule has 0 aliphatic heterocycles. The molecule has 3 nitrogen and oxygen atoms in total. The van der Waals surface area contributed by atoms with Crippen molar-refractivity contribution in [3.05, 3.63) is 18.2 Å². The second-order valence-electron chi connectivity index (χ2n) is 3.87. The summed E-state index contributed by atoms with van der Waals surface area (Å²) >= 11 is 0. The molecule has 0 aliphatic carbocycles. The average Bonchev–Trinajstić information content (AvgIpc) is 2.02. The van der Waals surface area contributed by atoms with Crippen LogP contribution in [0.5, 0.6) is 5.75 Å². The van der Waals surface area contributed by atoms with Crippen molar-refractivity contribution in [3.8, 4) is 5.75 Å². The zero-order valence-corrected chi connectivity index (χ0v) is 8.29. The maximum absolute atomic E-state index is 11.8. The molecular formula is C9H12F2N2O. The first kappa shape index (κ1) is 10.8. The highest BCUT2D eigenvalue weighted by atomic mass is 19.3. The average molecular weight is 202 g/mol.